The van der Waals surface area contributed by atoms with Crippen LogP contribution in [0.25, 0.3) is 0 Å². The summed E-state index contributed by atoms with van der Waals surface area (Å²) in [5.41, 5.74) is 4.62. The van der Waals surface area contributed by atoms with Gasteiger partial charge < -0.3 is 10.1 Å². The van der Waals surface area contributed by atoms with Crippen molar-refractivity contribution in [2.75, 3.05) is 12.4 Å². The number of benzene rings is 3. The number of anilines is 1. The number of carbonyl (C=O) groups is 2. The van der Waals surface area contributed by atoms with Gasteiger partial charge in [-0.3, -0.25) is 9.59 Å². The molecule has 37 heavy (non-hydrogen) atoms. The van der Waals surface area contributed by atoms with E-state index >= 15 is 0 Å². The average molecular weight is 533 g/mol. The molecular formula is C28H25ClN4O3S. The van der Waals surface area contributed by atoms with E-state index in [1.807, 2.05) is 55.5 Å². The number of halogens is 1. The van der Waals surface area contributed by atoms with E-state index in [1.54, 1.807) is 24.3 Å². The maximum atomic E-state index is 12.8. The number of hydrogen-bond acceptors (Lipinski definition) is 6. The summed E-state index contributed by atoms with van der Waals surface area (Å²) in [5.74, 6) is -0.0833. The third-order valence-corrected chi connectivity index (χ3v) is 7.58. The Bertz CT molecular complexity index is 1410. The maximum Gasteiger partial charge on any atom is 0.262 e. The van der Waals surface area contributed by atoms with Gasteiger partial charge in [-0.1, -0.05) is 77.5 Å². The Labute approximate surface area is 224 Å². The van der Waals surface area contributed by atoms with Gasteiger partial charge in [0.2, 0.25) is 5.91 Å². The highest BCUT2D eigenvalue weighted by molar-refractivity contribution is 8.15. The summed E-state index contributed by atoms with van der Waals surface area (Å²) in [6.45, 7) is 2.04. The van der Waals surface area contributed by atoms with E-state index < -0.39 is 5.25 Å². The summed E-state index contributed by atoms with van der Waals surface area (Å²) in [6, 6.07) is 22.8. The first-order chi connectivity index (χ1) is 17.9. The molecule has 0 aliphatic carbocycles. The molecule has 0 saturated carbocycles. The van der Waals surface area contributed by atoms with Crippen molar-refractivity contribution in [2.45, 2.75) is 31.1 Å². The first kappa shape index (κ1) is 25.0. The fourth-order valence-electron chi connectivity index (χ4n) is 4.30. The number of methoxy groups -OCH3 is 1. The third kappa shape index (κ3) is 5.55. The van der Waals surface area contributed by atoms with Crippen LogP contribution in [0.5, 0.6) is 5.75 Å². The highest BCUT2D eigenvalue weighted by atomic mass is 35.5. The average Bonchev–Trinajstić information content (AvgIpc) is 3.49. The zero-order chi connectivity index (χ0) is 25.9. The van der Waals surface area contributed by atoms with E-state index in [2.05, 4.69) is 22.4 Å². The molecule has 3 aromatic carbocycles. The van der Waals surface area contributed by atoms with E-state index in [0.717, 1.165) is 16.8 Å². The molecule has 0 fully saturated rings. The molecule has 0 spiro atoms. The zero-order valence-electron chi connectivity index (χ0n) is 20.3. The molecule has 0 aromatic heterocycles. The van der Waals surface area contributed by atoms with Gasteiger partial charge in [-0.15, -0.1) is 0 Å². The van der Waals surface area contributed by atoms with E-state index in [9.17, 15) is 9.59 Å². The van der Waals surface area contributed by atoms with Crippen LogP contribution in [0.4, 0.5) is 5.69 Å². The van der Waals surface area contributed by atoms with Crippen molar-refractivity contribution in [3.05, 3.63) is 94.5 Å². The van der Waals surface area contributed by atoms with Crippen molar-refractivity contribution < 1.29 is 14.3 Å². The molecule has 2 atom stereocenters. The van der Waals surface area contributed by atoms with Crippen LogP contribution in [0.15, 0.2) is 82.9 Å². The summed E-state index contributed by atoms with van der Waals surface area (Å²) < 4.78 is 5.30. The van der Waals surface area contributed by atoms with Gasteiger partial charge in [0, 0.05) is 17.9 Å². The SMILES string of the molecule is COc1ccccc1NC(=O)C[C@H]1SC(N2N=C(c3ccc(C)cc3)C[C@@H]2c2cccc(Cl)c2)=NC1=O. The van der Waals surface area contributed by atoms with Crippen molar-refractivity contribution in [1.29, 1.82) is 0 Å². The van der Waals surface area contributed by atoms with E-state index in [4.69, 9.17) is 21.4 Å². The van der Waals surface area contributed by atoms with Gasteiger partial charge in [0.25, 0.3) is 5.91 Å². The minimum Gasteiger partial charge on any atom is -0.495 e. The van der Waals surface area contributed by atoms with Crippen LogP contribution in [0.1, 0.15) is 35.6 Å². The number of aryl methyl sites for hydroxylation is 1. The first-order valence-electron chi connectivity index (χ1n) is 11.8. The van der Waals surface area contributed by atoms with Gasteiger partial charge in [-0.25, -0.2) is 5.01 Å². The van der Waals surface area contributed by atoms with Crippen LogP contribution in [-0.4, -0.2) is 40.1 Å². The number of ether oxygens (including phenoxy) is 1. The van der Waals surface area contributed by atoms with Gasteiger partial charge >= 0.3 is 0 Å². The minimum absolute atomic E-state index is 0.0151. The predicted molar refractivity (Wildman–Crippen MR) is 148 cm³/mol. The molecule has 2 heterocycles. The highest BCUT2D eigenvalue weighted by Crippen LogP contribution is 2.39. The quantitative estimate of drug-likeness (QED) is 0.431. The fourth-order valence-corrected chi connectivity index (χ4v) is 5.56. The predicted octanol–water partition coefficient (Wildman–Crippen LogP) is 5.83. The molecule has 0 bridgehead atoms. The number of nitrogens with zero attached hydrogens (tertiary/aromatic N) is 3. The van der Waals surface area contributed by atoms with Gasteiger partial charge in [-0.05, 0) is 42.3 Å². The number of hydrazone groups is 1. The number of amides is 2. The number of rotatable bonds is 6. The lowest BCUT2D eigenvalue weighted by Crippen LogP contribution is -2.25. The summed E-state index contributed by atoms with van der Waals surface area (Å²) in [6.07, 6.45) is 0.620. The van der Waals surface area contributed by atoms with Gasteiger partial charge in [0.15, 0.2) is 5.17 Å². The molecule has 5 rings (SSSR count). The zero-order valence-corrected chi connectivity index (χ0v) is 21.9. The molecule has 0 saturated heterocycles. The number of para-hydroxylation sites is 2. The third-order valence-electron chi connectivity index (χ3n) is 6.21. The Hall–Kier alpha value is -3.62. The second-order valence-electron chi connectivity index (χ2n) is 8.82. The first-order valence-corrected chi connectivity index (χ1v) is 13.1. The minimum atomic E-state index is -0.636. The highest BCUT2D eigenvalue weighted by Gasteiger charge is 2.39. The van der Waals surface area contributed by atoms with Crippen LogP contribution in [0.2, 0.25) is 5.02 Å². The molecule has 2 aliphatic heterocycles. The van der Waals surface area contributed by atoms with Gasteiger partial charge in [-0.2, -0.15) is 10.1 Å². The molecule has 2 aliphatic rings. The molecule has 1 N–H and O–H groups in total. The number of amidine groups is 1. The largest absolute Gasteiger partial charge is 0.495 e. The number of carbonyl (C=O) groups excluding carboxylic acids is 2. The number of nitrogens with one attached hydrogen (secondary N) is 1. The number of hydrogen-bond donors (Lipinski definition) is 1. The lowest BCUT2D eigenvalue weighted by Gasteiger charge is -2.23. The van der Waals surface area contributed by atoms with Crippen molar-refractivity contribution in [3.8, 4) is 5.75 Å². The Kier molecular flexibility index (Phi) is 7.30. The summed E-state index contributed by atoms with van der Waals surface area (Å²) in [4.78, 5) is 29.9. The molecule has 0 unspecified atom stereocenters. The van der Waals surface area contributed by atoms with Crippen LogP contribution >= 0.6 is 23.4 Å². The number of aliphatic imine (C=N–C) groups is 1. The topological polar surface area (TPSA) is 83.4 Å². The van der Waals surface area contributed by atoms with Crippen molar-refractivity contribution in [3.63, 3.8) is 0 Å². The number of thioether (sulfide) groups is 1. The van der Waals surface area contributed by atoms with E-state index in [0.29, 0.717) is 28.0 Å². The lowest BCUT2D eigenvalue weighted by molar-refractivity contribution is -0.121. The standard InChI is InChI=1S/C28H25ClN4O3S/c1-17-10-12-18(13-11-17)22-15-23(19-6-5-7-20(29)14-19)33(32-22)28-31-27(35)25(37-28)16-26(34)30-21-8-3-4-9-24(21)36-2/h3-14,23,25H,15-16H2,1-2H3,(H,30,34)/t23-,25-/m1/s1. The Balaban J connectivity index is 1.35. The summed E-state index contributed by atoms with van der Waals surface area (Å²) in [5, 5.41) is 9.98. The summed E-state index contributed by atoms with van der Waals surface area (Å²) >= 11 is 7.56. The van der Waals surface area contributed by atoms with Crippen molar-refractivity contribution in [2.24, 2.45) is 10.1 Å². The molecule has 2 amide bonds. The Morgan fingerprint density at radius 1 is 1.14 bits per heavy atom. The van der Waals surface area contributed by atoms with Gasteiger partial charge in [0.1, 0.15) is 11.0 Å². The van der Waals surface area contributed by atoms with Crippen LogP contribution in [0, 0.1) is 6.92 Å². The fraction of sp³-hybridized carbons (Fsp3) is 0.214. The van der Waals surface area contributed by atoms with Crippen LogP contribution in [0.3, 0.4) is 0 Å². The van der Waals surface area contributed by atoms with Crippen LogP contribution < -0.4 is 10.1 Å². The van der Waals surface area contributed by atoms with E-state index in [-0.39, 0.29) is 24.3 Å². The second kappa shape index (κ2) is 10.8. The molecular weight excluding hydrogens is 508 g/mol. The smallest absolute Gasteiger partial charge is 0.262 e. The monoisotopic (exact) mass is 532 g/mol. The molecule has 3 aromatic rings. The van der Waals surface area contributed by atoms with Gasteiger partial charge in [0.05, 0.1) is 24.6 Å². The van der Waals surface area contributed by atoms with Crippen molar-refractivity contribution >= 4 is 51.7 Å². The molecule has 9 heteroatoms. The lowest BCUT2D eigenvalue weighted by atomic mass is 9.98. The molecule has 188 valence electrons. The van der Waals surface area contributed by atoms with Crippen molar-refractivity contribution in [1.82, 2.24) is 5.01 Å². The van der Waals surface area contributed by atoms with Crippen LogP contribution in [-0.2, 0) is 9.59 Å². The second-order valence-corrected chi connectivity index (χ2v) is 10.4. The maximum absolute atomic E-state index is 12.8. The van der Waals surface area contributed by atoms with E-state index in [1.165, 1.54) is 17.3 Å². The Morgan fingerprint density at radius 3 is 2.68 bits per heavy atom. The molecule has 0 radical (unpaired) electrons. The Morgan fingerprint density at radius 2 is 1.92 bits per heavy atom. The summed E-state index contributed by atoms with van der Waals surface area (Å²) in [7, 11) is 1.54. The normalized spacial score (nSPS) is 19.0. The molecule has 7 nitrogen and oxygen atoms in total.